The molecule has 46 valence electrons. The van der Waals surface area contributed by atoms with Gasteiger partial charge in [0.05, 0.1) is 0 Å². The molecule has 0 radical (unpaired) electrons. The highest BCUT2D eigenvalue weighted by Gasteiger charge is 1.96. The van der Waals surface area contributed by atoms with Gasteiger partial charge in [0, 0.05) is 12.1 Å². The van der Waals surface area contributed by atoms with Gasteiger partial charge in [0.2, 0.25) is 0 Å². The van der Waals surface area contributed by atoms with Crippen LogP contribution in [0.3, 0.4) is 0 Å². The molecule has 1 rings (SSSR count). The number of hydrogen-bond acceptors (Lipinski definition) is 1. The van der Waals surface area contributed by atoms with Crippen molar-refractivity contribution in [2.24, 2.45) is 5.73 Å². The molecule has 0 amide bonds. The van der Waals surface area contributed by atoms with Gasteiger partial charge < -0.3 is 5.73 Å². The van der Waals surface area contributed by atoms with E-state index in [1.54, 1.807) is 0 Å². The molecule has 0 spiro atoms. The Morgan fingerprint density at radius 2 is 2.44 bits per heavy atom. The molecule has 0 unspecified atom stereocenters. The minimum Gasteiger partial charge on any atom is -0.402 e. The van der Waals surface area contributed by atoms with Gasteiger partial charge >= 0.3 is 0 Å². The maximum absolute atomic E-state index is 5.52. The van der Waals surface area contributed by atoms with Crippen molar-refractivity contribution in [2.75, 3.05) is 0 Å². The summed E-state index contributed by atoms with van der Waals surface area (Å²) in [6.07, 6.45) is 6.55. The molecular formula is C8H9N. The number of rotatable bonds is 0. The maximum atomic E-state index is 5.52. The second-order valence-corrected chi connectivity index (χ2v) is 1.98. The monoisotopic (exact) mass is 119 g/mol. The molecule has 2 N–H and O–H groups in total. The van der Waals surface area contributed by atoms with Crippen molar-refractivity contribution in [1.82, 2.24) is 0 Å². The van der Waals surface area contributed by atoms with Crippen LogP contribution < -0.4 is 5.73 Å². The first-order chi connectivity index (χ1) is 4.33. The summed E-state index contributed by atoms with van der Waals surface area (Å²) < 4.78 is 0. The zero-order chi connectivity index (χ0) is 6.69. The van der Waals surface area contributed by atoms with Crippen LogP contribution in [0.25, 0.3) is 0 Å². The molecule has 9 heavy (non-hydrogen) atoms. The van der Waals surface area contributed by atoms with Crippen molar-refractivity contribution in [3.8, 4) is 0 Å². The lowest BCUT2D eigenvalue weighted by atomic mass is 10.1. The van der Waals surface area contributed by atoms with E-state index in [9.17, 15) is 0 Å². The van der Waals surface area contributed by atoms with E-state index in [4.69, 9.17) is 5.73 Å². The van der Waals surface area contributed by atoms with Gasteiger partial charge in [-0.25, -0.2) is 0 Å². The molecule has 0 aromatic rings. The topological polar surface area (TPSA) is 26.0 Å². The highest BCUT2D eigenvalue weighted by atomic mass is 14.6. The molecule has 0 aromatic heterocycles. The van der Waals surface area contributed by atoms with Gasteiger partial charge in [0.15, 0.2) is 0 Å². The van der Waals surface area contributed by atoms with Crippen molar-refractivity contribution in [1.29, 1.82) is 0 Å². The Kier molecular flexibility index (Phi) is 1.57. The van der Waals surface area contributed by atoms with Crippen LogP contribution in [0.15, 0.2) is 41.8 Å². The Hall–Kier alpha value is -1.20. The first-order valence-electron chi connectivity index (χ1n) is 2.84. The molecule has 1 heteroatoms. The summed E-state index contributed by atoms with van der Waals surface area (Å²) in [6.45, 7) is 3.52. The smallest absolute Gasteiger partial charge is 0.0194 e. The Bertz CT molecular complexity index is 215. The molecule has 1 aliphatic carbocycles. The normalized spacial score (nSPS) is 16.9. The van der Waals surface area contributed by atoms with Crippen LogP contribution in [-0.2, 0) is 0 Å². The lowest BCUT2D eigenvalue weighted by Crippen LogP contribution is -1.99. The molecule has 0 atom stereocenters. The molecule has 0 bridgehead atoms. The van der Waals surface area contributed by atoms with E-state index in [-0.39, 0.29) is 0 Å². The van der Waals surface area contributed by atoms with Crippen LogP contribution in [0.5, 0.6) is 0 Å². The second-order valence-electron chi connectivity index (χ2n) is 1.98. The maximum Gasteiger partial charge on any atom is 0.0194 e. The molecule has 0 heterocycles. The predicted octanol–water partition coefficient (Wildman–Crippen LogP) is 1.50. The van der Waals surface area contributed by atoms with E-state index in [1.165, 1.54) is 0 Å². The van der Waals surface area contributed by atoms with Gasteiger partial charge in [-0.05, 0) is 11.6 Å². The summed E-state index contributed by atoms with van der Waals surface area (Å²) in [4.78, 5) is 0. The van der Waals surface area contributed by atoms with Crippen molar-refractivity contribution in [3.63, 3.8) is 0 Å². The van der Waals surface area contributed by atoms with Gasteiger partial charge in [-0.2, -0.15) is 0 Å². The Labute approximate surface area is 54.9 Å². The molecule has 1 nitrogen and oxygen atoms in total. The van der Waals surface area contributed by atoms with Crippen molar-refractivity contribution in [2.45, 2.75) is 6.42 Å². The third kappa shape index (κ3) is 1.34. The molecule has 0 fully saturated rings. The second kappa shape index (κ2) is 2.38. The summed E-state index contributed by atoms with van der Waals surface area (Å²) >= 11 is 0. The van der Waals surface area contributed by atoms with Gasteiger partial charge in [0.1, 0.15) is 0 Å². The summed E-state index contributed by atoms with van der Waals surface area (Å²) in [7, 11) is 0. The Morgan fingerprint density at radius 1 is 1.67 bits per heavy atom. The fourth-order valence-electron chi connectivity index (χ4n) is 0.747. The summed E-state index contributed by atoms with van der Waals surface area (Å²) in [6, 6.07) is 0. The summed E-state index contributed by atoms with van der Waals surface area (Å²) in [5.41, 5.74) is 10.3. The lowest BCUT2D eigenvalue weighted by Gasteiger charge is -2.02. The molecule has 1 aliphatic rings. The fourth-order valence-corrected chi connectivity index (χ4v) is 0.747. The van der Waals surface area contributed by atoms with E-state index >= 15 is 0 Å². The van der Waals surface area contributed by atoms with Crippen LogP contribution >= 0.6 is 0 Å². The summed E-state index contributed by atoms with van der Waals surface area (Å²) in [5.74, 6) is 0. The van der Waals surface area contributed by atoms with Crippen molar-refractivity contribution < 1.29 is 0 Å². The van der Waals surface area contributed by atoms with Gasteiger partial charge in [-0.3, -0.25) is 0 Å². The minimum absolute atomic E-state index is 0.792. The number of nitrogens with two attached hydrogens (primary N) is 1. The highest BCUT2D eigenvalue weighted by Crippen LogP contribution is 2.11. The lowest BCUT2D eigenvalue weighted by molar-refractivity contribution is 1.10. The number of allylic oxidation sites excluding steroid dienone is 4. The molecule has 0 aromatic carbocycles. The van der Waals surface area contributed by atoms with Crippen LogP contribution in [-0.4, -0.2) is 0 Å². The quantitative estimate of drug-likeness (QED) is 0.480. The zero-order valence-corrected chi connectivity index (χ0v) is 5.22. The van der Waals surface area contributed by atoms with Crippen LogP contribution in [0.4, 0.5) is 0 Å². The first-order valence-corrected chi connectivity index (χ1v) is 2.84. The average molecular weight is 119 g/mol. The van der Waals surface area contributed by atoms with Gasteiger partial charge in [0.25, 0.3) is 0 Å². The van der Waals surface area contributed by atoms with E-state index in [0.717, 1.165) is 17.7 Å². The van der Waals surface area contributed by atoms with Crippen molar-refractivity contribution in [3.05, 3.63) is 41.8 Å². The van der Waals surface area contributed by atoms with Gasteiger partial charge in [-0.1, -0.05) is 18.7 Å². The van der Waals surface area contributed by atoms with Crippen LogP contribution in [0, 0.1) is 0 Å². The van der Waals surface area contributed by atoms with Crippen molar-refractivity contribution >= 4 is 0 Å². The summed E-state index contributed by atoms with van der Waals surface area (Å²) in [5, 5.41) is 0. The zero-order valence-electron chi connectivity index (χ0n) is 5.22. The number of hydrogen-bond donors (Lipinski definition) is 1. The minimum atomic E-state index is 0.792. The highest BCUT2D eigenvalue weighted by molar-refractivity contribution is 5.32. The van der Waals surface area contributed by atoms with E-state index in [1.807, 2.05) is 18.2 Å². The van der Waals surface area contributed by atoms with E-state index in [0.29, 0.717) is 0 Å². The molecule has 0 aliphatic heterocycles. The van der Waals surface area contributed by atoms with Crippen LogP contribution in [0.2, 0.25) is 0 Å². The SMILES string of the molecule is C=C=C1C=CC=C(N)C1. The van der Waals surface area contributed by atoms with Gasteiger partial charge in [-0.15, -0.1) is 5.73 Å². The first kappa shape index (κ1) is 5.93. The van der Waals surface area contributed by atoms with E-state index in [2.05, 4.69) is 12.3 Å². The Morgan fingerprint density at radius 3 is 2.89 bits per heavy atom. The largest absolute Gasteiger partial charge is 0.402 e. The third-order valence-corrected chi connectivity index (χ3v) is 1.23. The predicted molar refractivity (Wildman–Crippen MR) is 38.7 cm³/mol. The molecular weight excluding hydrogens is 110 g/mol. The van der Waals surface area contributed by atoms with Crippen LogP contribution in [0.1, 0.15) is 6.42 Å². The molecule has 0 saturated heterocycles. The molecule has 0 saturated carbocycles. The standard InChI is InChI=1S/C8H9N/c1-2-7-4-3-5-8(9)6-7/h3-5H,1,6,9H2. The average Bonchev–Trinajstić information content (AvgIpc) is 1.88. The fraction of sp³-hybridized carbons (Fsp3) is 0.125. The van der Waals surface area contributed by atoms with E-state index < -0.39 is 0 Å². The third-order valence-electron chi connectivity index (χ3n) is 1.23. The Balaban J connectivity index is 2.85.